The molecule has 0 fully saturated rings. The van der Waals surface area contributed by atoms with Gasteiger partial charge in [-0.2, -0.15) is 0 Å². The zero-order chi connectivity index (χ0) is 18.2. The molecule has 0 saturated carbocycles. The number of benzene rings is 1. The largest absolute Gasteiger partial charge is 0.497 e. The zero-order valence-corrected chi connectivity index (χ0v) is 14.7. The molecule has 0 aliphatic rings. The molecular formula is C17H19ClN4O3. The maximum Gasteiger partial charge on any atom is 0.239 e. The number of hydrogen-bond donors (Lipinski definition) is 2. The topological polar surface area (TPSA) is 83.6 Å². The molecule has 0 bridgehead atoms. The zero-order valence-electron chi connectivity index (χ0n) is 14.0. The molecule has 0 unspecified atom stereocenters. The summed E-state index contributed by atoms with van der Waals surface area (Å²) < 4.78 is 5.11. The number of pyridine rings is 1. The minimum Gasteiger partial charge on any atom is -0.497 e. The normalized spacial score (nSPS) is 10.4. The molecule has 0 spiro atoms. The van der Waals surface area contributed by atoms with Crippen LogP contribution in [-0.4, -0.2) is 48.9 Å². The first-order valence-corrected chi connectivity index (χ1v) is 7.88. The van der Waals surface area contributed by atoms with Crippen LogP contribution in [0.2, 0.25) is 5.02 Å². The molecule has 2 amide bonds. The van der Waals surface area contributed by atoms with Gasteiger partial charge in [0.05, 0.1) is 25.2 Å². The third kappa shape index (κ3) is 6.40. The predicted octanol–water partition coefficient (Wildman–Crippen LogP) is 2.25. The molecule has 7 nitrogen and oxygen atoms in total. The molecule has 0 saturated heterocycles. The highest BCUT2D eigenvalue weighted by molar-refractivity contribution is 6.30. The lowest BCUT2D eigenvalue weighted by Crippen LogP contribution is -2.36. The van der Waals surface area contributed by atoms with Crippen molar-refractivity contribution in [2.45, 2.75) is 0 Å². The Morgan fingerprint density at radius 2 is 1.88 bits per heavy atom. The van der Waals surface area contributed by atoms with Gasteiger partial charge in [0.15, 0.2) is 0 Å². The molecule has 2 aromatic rings. The fraction of sp³-hybridized carbons (Fsp3) is 0.235. The van der Waals surface area contributed by atoms with Crippen LogP contribution in [0.15, 0.2) is 42.6 Å². The van der Waals surface area contributed by atoms with Crippen LogP contribution in [0.5, 0.6) is 5.75 Å². The Morgan fingerprint density at radius 1 is 1.16 bits per heavy atom. The van der Waals surface area contributed by atoms with Gasteiger partial charge in [-0.05, 0) is 31.3 Å². The fourth-order valence-corrected chi connectivity index (χ4v) is 2.19. The van der Waals surface area contributed by atoms with Crippen LogP contribution in [0.25, 0.3) is 0 Å². The maximum atomic E-state index is 12.0. The van der Waals surface area contributed by atoms with Crippen molar-refractivity contribution in [2.24, 2.45) is 0 Å². The Kier molecular flexibility index (Phi) is 6.73. The lowest BCUT2D eigenvalue weighted by atomic mass is 10.3. The van der Waals surface area contributed by atoms with E-state index in [-0.39, 0.29) is 24.9 Å². The minimum atomic E-state index is -0.272. The van der Waals surface area contributed by atoms with Crippen LogP contribution >= 0.6 is 11.6 Å². The summed E-state index contributed by atoms with van der Waals surface area (Å²) in [5.41, 5.74) is 0.632. The number of carbonyl (C=O) groups excluding carboxylic acids is 2. The number of nitrogens with zero attached hydrogens (tertiary/aromatic N) is 2. The Hall–Kier alpha value is -2.64. The van der Waals surface area contributed by atoms with E-state index in [0.717, 1.165) is 0 Å². The van der Waals surface area contributed by atoms with Crippen molar-refractivity contribution < 1.29 is 14.3 Å². The van der Waals surface area contributed by atoms with Crippen molar-refractivity contribution >= 4 is 34.9 Å². The van der Waals surface area contributed by atoms with E-state index in [1.54, 1.807) is 55.5 Å². The van der Waals surface area contributed by atoms with Crippen molar-refractivity contribution in [1.82, 2.24) is 9.88 Å². The minimum absolute atomic E-state index is 0.0514. The number of hydrogen-bond acceptors (Lipinski definition) is 5. The van der Waals surface area contributed by atoms with Gasteiger partial charge in [-0.15, -0.1) is 0 Å². The molecule has 25 heavy (non-hydrogen) atoms. The van der Waals surface area contributed by atoms with Crippen LogP contribution in [-0.2, 0) is 9.59 Å². The number of anilines is 2. The third-order valence-electron chi connectivity index (χ3n) is 3.18. The van der Waals surface area contributed by atoms with E-state index in [0.29, 0.717) is 22.3 Å². The molecule has 0 aliphatic heterocycles. The molecular weight excluding hydrogens is 344 g/mol. The first kappa shape index (κ1) is 18.7. The Balaban J connectivity index is 1.80. The molecule has 0 aliphatic carbocycles. The van der Waals surface area contributed by atoms with Crippen molar-refractivity contribution in [1.29, 1.82) is 0 Å². The Labute approximate surface area is 150 Å². The number of aromatic nitrogens is 1. The van der Waals surface area contributed by atoms with Gasteiger partial charge in [0, 0.05) is 18.0 Å². The first-order chi connectivity index (χ1) is 12.0. The second-order valence-corrected chi connectivity index (χ2v) is 5.80. The number of rotatable bonds is 7. The van der Waals surface area contributed by atoms with Gasteiger partial charge in [-0.1, -0.05) is 17.7 Å². The lowest BCUT2D eigenvalue weighted by molar-refractivity contribution is -0.119. The molecule has 8 heteroatoms. The van der Waals surface area contributed by atoms with Crippen molar-refractivity contribution in [2.75, 3.05) is 37.9 Å². The summed E-state index contributed by atoms with van der Waals surface area (Å²) in [6.07, 6.45) is 1.45. The highest BCUT2D eigenvalue weighted by Crippen LogP contribution is 2.16. The average molecular weight is 363 g/mol. The SMILES string of the molecule is COc1cccc(NC(=O)CN(C)CC(=O)Nc2ccc(Cl)cn2)c1. The second-order valence-electron chi connectivity index (χ2n) is 5.36. The van der Waals surface area contributed by atoms with E-state index in [4.69, 9.17) is 16.3 Å². The van der Waals surface area contributed by atoms with E-state index in [9.17, 15) is 9.59 Å². The molecule has 0 radical (unpaired) electrons. The number of amides is 2. The molecule has 2 N–H and O–H groups in total. The van der Waals surface area contributed by atoms with Gasteiger partial charge in [0.1, 0.15) is 11.6 Å². The fourth-order valence-electron chi connectivity index (χ4n) is 2.08. The quantitative estimate of drug-likeness (QED) is 0.789. The number of likely N-dealkylation sites (N-methyl/N-ethyl adjacent to an activating group) is 1. The van der Waals surface area contributed by atoms with Gasteiger partial charge >= 0.3 is 0 Å². The highest BCUT2D eigenvalue weighted by atomic mass is 35.5. The van der Waals surface area contributed by atoms with Crippen LogP contribution in [0.1, 0.15) is 0 Å². The third-order valence-corrected chi connectivity index (χ3v) is 3.40. The first-order valence-electron chi connectivity index (χ1n) is 7.50. The number of halogens is 1. The van der Waals surface area contributed by atoms with Gasteiger partial charge in [0.2, 0.25) is 11.8 Å². The van der Waals surface area contributed by atoms with E-state index < -0.39 is 0 Å². The predicted molar refractivity (Wildman–Crippen MR) is 97.0 cm³/mol. The summed E-state index contributed by atoms with van der Waals surface area (Å²) in [4.78, 5) is 29.6. The molecule has 1 aromatic heterocycles. The van der Waals surface area contributed by atoms with E-state index in [1.165, 1.54) is 6.20 Å². The van der Waals surface area contributed by atoms with Crippen LogP contribution in [0.3, 0.4) is 0 Å². The standard InChI is InChI=1S/C17H19ClN4O3/c1-22(11-17(24)21-15-7-6-12(18)9-19-15)10-16(23)20-13-4-3-5-14(8-13)25-2/h3-9H,10-11H2,1-2H3,(H,20,23)(H,19,21,24). The van der Waals surface area contributed by atoms with Crippen LogP contribution in [0.4, 0.5) is 11.5 Å². The molecule has 132 valence electrons. The maximum absolute atomic E-state index is 12.0. The smallest absolute Gasteiger partial charge is 0.239 e. The highest BCUT2D eigenvalue weighted by Gasteiger charge is 2.12. The molecule has 2 rings (SSSR count). The van der Waals surface area contributed by atoms with Crippen LogP contribution in [0, 0.1) is 0 Å². The summed E-state index contributed by atoms with van der Waals surface area (Å²) in [6, 6.07) is 10.3. The Bertz CT molecular complexity index is 737. The summed E-state index contributed by atoms with van der Waals surface area (Å²) in [5, 5.41) is 5.89. The van der Waals surface area contributed by atoms with E-state index in [1.807, 2.05) is 0 Å². The Morgan fingerprint density at radius 3 is 2.52 bits per heavy atom. The average Bonchev–Trinajstić information content (AvgIpc) is 2.56. The molecule has 1 aromatic carbocycles. The summed E-state index contributed by atoms with van der Waals surface area (Å²) >= 11 is 5.74. The van der Waals surface area contributed by atoms with E-state index in [2.05, 4.69) is 15.6 Å². The second kappa shape index (κ2) is 9.00. The van der Waals surface area contributed by atoms with Gasteiger partial charge < -0.3 is 15.4 Å². The lowest BCUT2D eigenvalue weighted by Gasteiger charge is -2.16. The van der Waals surface area contributed by atoms with Gasteiger partial charge in [-0.25, -0.2) is 4.98 Å². The van der Waals surface area contributed by atoms with Crippen LogP contribution < -0.4 is 15.4 Å². The summed E-state index contributed by atoms with van der Waals surface area (Å²) in [7, 11) is 3.24. The molecule has 1 heterocycles. The monoisotopic (exact) mass is 362 g/mol. The van der Waals surface area contributed by atoms with Crippen molar-refractivity contribution in [3.05, 3.63) is 47.6 Å². The summed E-state index contributed by atoms with van der Waals surface area (Å²) in [6.45, 7) is 0.120. The van der Waals surface area contributed by atoms with E-state index >= 15 is 0 Å². The number of ether oxygens (including phenoxy) is 1. The van der Waals surface area contributed by atoms with Crippen molar-refractivity contribution in [3.63, 3.8) is 0 Å². The van der Waals surface area contributed by atoms with Crippen molar-refractivity contribution in [3.8, 4) is 5.75 Å². The van der Waals surface area contributed by atoms with Gasteiger partial charge in [0.25, 0.3) is 0 Å². The number of carbonyl (C=O) groups is 2. The summed E-state index contributed by atoms with van der Waals surface area (Å²) in [5.74, 6) is 0.560. The number of methoxy groups -OCH3 is 1. The number of nitrogens with one attached hydrogen (secondary N) is 2. The van der Waals surface area contributed by atoms with Gasteiger partial charge in [-0.3, -0.25) is 14.5 Å². The molecule has 0 atom stereocenters.